The van der Waals surface area contributed by atoms with Gasteiger partial charge in [-0.2, -0.15) is 0 Å². The Balaban J connectivity index is 2.05. The summed E-state index contributed by atoms with van der Waals surface area (Å²) in [6.45, 7) is 3.83. The summed E-state index contributed by atoms with van der Waals surface area (Å²) >= 11 is 1.36. The van der Waals surface area contributed by atoms with E-state index in [0.29, 0.717) is 10.3 Å². The minimum absolute atomic E-state index is 0.0438. The van der Waals surface area contributed by atoms with Gasteiger partial charge in [0.25, 0.3) is 5.56 Å². The lowest BCUT2D eigenvalue weighted by molar-refractivity contribution is 0.571. The van der Waals surface area contributed by atoms with Crippen LogP contribution in [0.3, 0.4) is 0 Å². The summed E-state index contributed by atoms with van der Waals surface area (Å²) in [7, 11) is 1.72. The first kappa shape index (κ1) is 12.7. The molecule has 0 N–H and O–H groups in total. The van der Waals surface area contributed by atoms with Gasteiger partial charge in [-0.1, -0.05) is 36.9 Å². The monoisotopic (exact) mass is 283 g/mol. The smallest absolute Gasteiger partial charge is 0.268 e. The quantitative estimate of drug-likeness (QED) is 0.720. The third-order valence-electron chi connectivity index (χ3n) is 3.08. The van der Waals surface area contributed by atoms with Crippen molar-refractivity contribution in [3.63, 3.8) is 0 Å². The molecule has 0 saturated heterocycles. The fourth-order valence-electron chi connectivity index (χ4n) is 1.93. The zero-order valence-corrected chi connectivity index (χ0v) is 11.8. The van der Waals surface area contributed by atoms with Crippen molar-refractivity contribution in [2.24, 2.45) is 7.05 Å². The maximum Gasteiger partial charge on any atom is 0.268 e. The molecule has 0 spiro atoms. The molecule has 20 heavy (non-hydrogen) atoms. The molecule has 1 aromatic carbocycles. The van der Waals surface area contributed by atoms with Crippen LogP contribution in [0.5, 0.6) is 0 Å². The summed E-state index contributed by atoms with van der Waals surface area (Å²) in [5, 5.41) is 0. The number of aromatic nitrogens is 1. The van der Waals surface area contributed by atoms with Crippen LogP contribution in [-0.4, -0.2) is 4.57 Å². The van der Waals surface area contributed by atoms with Crippen LogP contribution in [-0.2, 0) is 7.05 Å². The average molecular weight is 283 g/mol. The van der Waals surface area contributed by atoms with Crippen molar-refractivity contribution in [1.82, 2.24) is 4.57 Å². The predicted octanol–water partition coefficient (Wildman–Crippen LogP) is 1.95. The van der Waals surface area contributed by atoms with Gasteiger partial charge in [-0.15, -0.1) is 11.3 Å². The normalized spacial score (nSPS) is 11.9. The second-order valence-corrected chi connectivity index (χ2v) is 5.55. The first-order valence-electron chi connectivity index (χ1n) is 6.17. The fraction of sp³-hybridized carbons (Fsp3) is 0.0625. The van der Waals surface area contributed by atoms with Crippen LogP contribution in [0.4, 0.5) is 0 Å². The molecule has 0 fully saturated rings. The van der Waals surface area contributed by atoms with Crippen LogP contribution in [0.15, 0.2) is 51.7 Å². The SMILES string of the molecule is C=c1s/c(=C\c2ccc(-c3ccccc3)o2)c(=O)n1C. The number of nitrogens with zero attached hydrogens (tertiary/aromatic N) is 1. The van der Waals surface area contributed by atoms with Gasteiger partial charge in [0.2, 0.25) is 0 Å². The molecule has 2 aromatic heterocycles. The summed E-state index contributed by atoms with van der Waals surface area (Å²) in [4.78, 5) is 11.9. The van der Waals surface area contributed by atoms with E-state index in [9.17, 15) is 4.79 Å². The largest absolute Gasteiger partial charge is 0.457 e. The lowest BCUT2D eigenvalue weighted by Gasteiger charge is -1.94. The number of furan rings is 1. The standard InChI is InChI=1S/C16H13NO2S/c1-11-17(2)16(18)15(20-11)10-13-8-9-14(19-13)12-6-4-3-5-7-12/h3-10H,1H2,2H3/b15-10-. The first-order valence-corrected chi connectivity index (χ1v) is 6.98. The van der Waals surface area contributed by atoms with Crippen molar-refractivity contribution in [3.8, 4) is 11.3 Å². The van der Waals surface area contributed by atoms with Gasteiger partial charge in [-0.05, 0) is 12.1 Å². The molecule has 100 valence electrons. The van der Waals surface area contributed by atoms with Crippen LogP contribution in [0.1, 0.15) is 5.76 Å². The third-order valence-corrected chi connectivity index (χ3v) is 4.10. The van der Waals surface area contributed by atoms with Crippen molar-refractivity contribution in [1.29, 1.82) is 0 Å². The molecule has 3 aromatic rings. The van der Waals surface area contributed by atoms with E-state index in [1.807, 2.05) is 42.5 Å². The van der Waals surface area contributed by atoms with Gasteiger partial charge in [-0.3, -0.25) is 4.79 Å². The van der Waals surface area contributed by atoms with Gasteiger partial charge in [0.05, 0.1) is 9.20 Å². The van der Waals surface area contributed by atoms with Crippen LogP contribution >= 0.6 is 11.3 Å². The Morgan fingerprint density at radius 2 is 1.95 bits per heavy atom. The number of hydrogen-bond donors (Lipinski definition) is 0. The summed E-state index contributed by atoms with van der Waals surface area (Å²) in [5.41, 5.74) is 0.974. The van der Waals surface area contributed by atoms with Gasteiger partial charge in [0.1, 0.15) is 11.5 Å². The number of thiazole rings is 1. The Labute approximate surface area is 119 Å². The minimum atomic E-state index is -0.0438. The van der Waals surface area contributed by atoms with Gasteiger partial charge >= 0.3 is 0 Å². The maximum absolute atomic E-state index is 11.9. The summed E-state index contributed by atoms with van der Waals surface area (Å²) in [6.07, 6.45) is 1.76. The van der Waals surface area contributed by atoms with E-state index in [4.69, 9.17) is 4.42 Å². The van der Waals surface area contributed by atoms with E-state index in [1.54, 1.807) is 13.1 Å². The van der Waals surface area contributed by atoms with E-state index in [2.05, 4.69) is 6.58 Å². The lowest BCUT2D eigenvalue weighted by atomic mass is 10.2. The Kier molecular flexibility index (Phi) is 3.16. The number of benzene rings is 1. The molecule has 0 saturated carbocycles. The molecule has 0 amide bonds. The van der Waals surface area contributed by atoms with Crippen LogP contribution < -0.4 is 14.8 Å². The zero-order valence-electron chi connectivity index (χ0n) is 11.0. The van der Waals surface area contributed by atoms with Crippen molar-refractivity contribution in [2.75, 3.05) is 0 Å². The molecule has 4 heteroatoms. The molecule has 0 atom stereocenters. The second kappa shape index (κ2) is 4.98. The van der Waals surface area contributed by atoms with E-state index in [1.165, 1.54) is 15.9 Å². The molecular weight excluding hydrogens is 270 g/mol. The number of rotatable bonds is 2. The van der Waals surface area contributed by atoms with Crippen LogP contribution in [0.25, 0.3) is 24.0 Å². The Morgan fingerprint density at radius 3 is 2.60 bits per heavy atom. The van der Waals surface area contributed by atoms with Gasteiger partial charge in [0, 0.05) is 18.7 Å². The van der Waals surface area contributed by atoms with Crippen LogP contribution in [0.2, 0.25) is 0 Å². The molecular formula is C16H13NO2S. The molecule has 0 unspecified atom stereocenters. The van der Waals surface area contributed by atoms with E-state index in [-0.39, 0.29) is 5.56 Å². The Bertz CT molecular complexity index is 900. The van der Waals surface area contributed by atoms with E-state index < -0.39 is 0 Å². The van der Waals surface area contributed by atoms with Crippen molar-refractivity contribution < 1.29 is 4.42 Å². The molecule has 3 rings (SSSR count). The average Bonchev–Trinajstić information content (AvgIpc) is 3.02. The molecule has 0 radical (unpaired) electrons. The molecule has 3 nitrogen and oxygen atoms in total. The molecule has 0 aliphatic carbocycles. The first-order chi connectivity index (χ1) is 9.65. The van der Waals surface area contributed by atoms with E-state index >= 15 is 0 Å². The Morgan fingerprint density at radius 1 is 1.20 bits per heavy atom. The summed E-state index contributed by atoms with van der Waals surface area (Å²) in [5.74, 6) is 1.46. The highest BCUT2D eigenvalue weighted by atomic mass is 32.1. The third kappa shape index (κ3) is 2.26. The predicted molar refractivity (Wildman–Crippen MR) is 82.0 cm³/mol. The van der Waals surface area contributed by atoms with Crippen molar-refractivity contribution >= 4 is 24.0 Å². The zero-order chi connectivity index (χ0) is 14.1. The molecule has 0 aliphatic heterocycles. The Hall–Kier alpha value is -2.33. The summed E-state index contributed by atoms with van der Waals surface area (Å²) in [6, 6.07) is 13.6. The van der Waals surface area contributed by atoms with Crippen molar-refractivity contribution in [2.45, 2.75) is 0 Å². The van der Waals surface area contributed by atoms with Gasteiger partial charge in [-0.25, -0.2) is 0 Å². The molecule has 2 heterocycles. The fourth-order valence-corrected chi connectivity index (χ4v) is 2.80. The molecule has 0 bridgehead atoms. The second-order valence-electron chi connectivity index (χ2n) is 4.44. The highest BCUT2D eigenvalue weighted by Crippen LogP contribution is 2.21. The van der Waals surface area contributed by atoms with Crippen LogP contribution in [0, 0.1) is 0 Å². The minimum Gasteiger partial charge on any atom is -0.457 e. The van der Waals surface area contributed by atoms with Gasteiger partial charge in [0.15, 0.2) is 0 Å². The summed E-state index contributed by atoms with van der Waals surface area (Å²) < 4.78 is 8.66. The van der Waals surface area contributed by atoms with E-state index in [0.717, 1.165) is 16.0 Å². The van der Waals surface area contributed by atoms with Gasteiger partial charge < -0.3 is 8.98 Å². The lowest BCUT2D eigenvalue weighted by Crippen LogP contribution is -2.28. The maximum atomic E-state index is 11.9. The topological polar surface area (TPSA) is 35.1 Å². The van der Waals surface area contributed by atoms with Crippen molar-refractivity contribution in [3.05, 3.63) is 67.8 Å². The highest BCUT2D eigenvalue weighted by molar-refractivity contribution is 7.07. The number of hydrogen-bond acceptors (Lipinski definition) is 3. The molecule has 0 aliphatic rings. The highest BCUT2D eigenvalue weighted by Gasteiger charge is 2.04.